The molecule has 2 unspecified atom stereocenters. The monoisotopic (exact) mass is 1410 g/mol. The lowest BCUT2D eigenvalue weighted by molar-refractivity contribution is -0.161. The topological polar surface area (TPSA) is 237 Å². The van der Waals surface area contributed by atoms with E-state index in [0.29, 0.717) is 25.7 Å². The van der Waals surface area contributed by atoms with Crippen molar-refractivity contribution < 1.29 is 80.2 Å². The predicted molar refractivity (Wildman–Crippen MR) is 391 cm³/mol. The molecule has 0 bridgehead atoms. The minimum absolute atomic E-state index is 0.107. The van der Waals surface area contributed by atoms with Gasteiger partial charge < -0.3 is 33.8 Å². The van der Waals surface area contributed by atoms with Crippen LogP contribution in [0.15, 0.2) is 0 Å². The number of unbranched alkanes of at least 4 members (excludes halogenated alkanes) is 46. The molecule has 0 aliphatic carbocycles. The van der Waals surface area contributed by atoms with Crippen molar-refractivity contribution in [1.29, 1.82) is 0 Å². The van der Waals surface area contributed by atoms with Crippen molar-refractivity contribution in [3.63, 3.8) is 0 Å². The van der Waals surface area contributed by atoms with E-state index in [1.165, 1.54) is 205 Å². The number of hydrogen-bond donors (Lipinski definition) is 3. The molecule has 0 aromatic heterocycles. The standard InChI is InChI=1S/C77H150O17P2/c1-7-9-11-13-15-16-17-24-32-37-43-49-55-61-76(81)93-72(65-87-74(79)59-53-47-39-14-12-10-8-2)67-91-95(83,84)89-63-71(78)64-90-96(85,86)92-68-73(66-88-75(80)60-54-48-42-36-31-28-27-30-35-41-46-52-58-70(5)6)94-77(82)62-56-50-44-38-33-26-23-21-19-18-20-22-25-29-34-40-45-51-57-69(3)4/h69-73,78H,7-68H2,1-6H3,(H,83,84)(H,85,86)/t71-,72+,73+/m0/s1. The molecule has 570 valence electrons. The van der Waals surface area contributed by atoms with Crippen LogP contribution in [0.1, 0.15) is 401 Å². The molecule has 0 aliphatic heterocycles. The minimum Gasteiger partial charge on any atom is -0.462 e. The summed E-state index contributed by atoms with van der Waals surface area (Å²) >= 11 is 0. The molecule has 96 heavy (non-hydrogen) atoms. The number of phosphoric ester groups is 2. The third-order valence-corrected chi connectivity index (χ3v) is 19.9. The number of ether oxygens (including phenoxy) is 4. The van der Waals surface area contributed by atoms with Crippen LogP contribution in [0.2, 0.25) is 0 Å². The summed E-state index contributed by atoms with van der Waals surface area (Å²) < 4.78 is 68.4. The van der Waals surface area contributed by atoms with Crippen molar-refractivity contribution in [1.82, 2.24) is 0 Å². The van der Waals surface area contributed by atoms with Crippen molar-refractivity contribution in [2.45, 2.75) is 419 Å². The van der Waals surface area contributed by atoms with Gasteiger partial charge in [-0.25, -0.2) is 9.13 Å². The lowest BCUT2D eigenvalue weighted by atomic mass is 10.0. The van der Waals surface area contributed by atoms with Crippen LogP contribution in [0.5, 0.6) is 0 Å². The first-order valence-corrected chi connectivity index (χ1v) is 43.0. The summed E-state index contributed by atoms with van der Waals surface area (Å²) in [5.74, 6) is -0.516. The Bertz CT molecular complexity index is 1860. The van der Waals surface area contributed by atoms with E-state index in [9.17, 15) is 43.2 Å². The lowest BCUT2D eigenvalue weighted by Crippen LogP contribution is -2.30. The number of carbonyl (C=O) groups excluding carboxylic acids is 4. The van der Waals surface area contributed by atoms with Crippen LogP contribution < -0.4 is 0 Å². The summed E-state index contributed by atoms with van der Waals surface area (Å²) in [4.78, 5) is 72.7. The zero-order valence-electron chi connectivity index (χ0n) is 62.7. The van der Waals surface area contributed by atoms with Crippen molar-refractivity contribution in [2.24, 2.45) is 11.8 Å². The Kier molecular flexibility index (Phi) is 67.4. The number of esters is 4. The van der Waals surface area contributed by atoms with Crippen LogP contribution in [0.3, 0.4) is 0 Å². The highest BCUT2D eigenvalue weighted by Gasteiger charge is 2.30. The molecule has 0 aliphatic rings. The van der Waals surface area contributed by atoms with Gasteiger partial charge in [-0.1, -0.05) is 350 Å². The summed E-state index contributed by atoms with van der Waals surface area (Å²) in [5, 5.41) is 10.6. The molecule has 0 radical (unpaired) electrons. The van der Waals surface area contributed by atoms with Crippen molar-refractivity contribution in [3.05, 3.63) is 0 Å². The molecule has 17 nitrogen and oxygen atoms in total. The Morgan fingerprint density at radius 2 is 0.479 bits per heavy atom. The molecule has 0 amide bonds. The number of aliphatic hydroxyl groups is 1. The molecule has 19 heteroatoms. The van der Waals surface area contributed by atoms with Crippen LogP contribution in [-0.2, 0) is 65.4 Å². The minimum atomic E-state index is -4.96. The fraction of sp³-hybridized carbons (Fsp3) is 0.948. The van der Waals surface area contributed by atoms with Crippen molar-refractivity contribution in [2.75, 3.05) is 39.6 Å². The van der Waals surface area contributed by atoms with E-state index in [0.717, 1.165) is 115 Å². The Hall–Kier alpha value is -1.94. The first-order chi connectivity index (χ1) is 46.4. The normalized spacial score (nSPS) is 14.0. The van der Waals surface area contributed by atoms with E-state index in [2.05, 4.69) is 41.5 Å². The van der Waals surface area contributed by atoms with Crippen LogP contribution in [0.25, 0.3) is 0 Å². The maximum absolute atomic E-state index is 13.1. The molecule has 0 saturated carbocycles. The van der Waals surface area contributed by atoms with Crippen LogP contribution in [0, 0.1) is 11.8 Å². The zero-order chi connectivity index (χ0) is 70.7. The molecule has 0 rings (SSSR count). The van der Waals surface area contributed by atoms with Gasteiger partial charge in [-0.3, -0.25) is 37.3 Å². The molecular weight excluding hydrogens is 1260 g/mol. The van der Waals surface area contributed by atoms with Crippen LogP contribution in [-0.4, -0.2) is 96.7 Å². The van der Waals surface area contributed by atoms with Gasteiger partial charge in [-0.15, -0.1) is 0 Å². The van der Waals surface area contributed by atoms with Gasteiger partial charge in [0.25, 0.3) is 0 Å². The molecular formula is C77H150O17P2. The molecule has 5 atom stereocenters. The van der Waals surface area contributed by atoms with Gasteiger partial charge in [0.1, 0.15) is 19.3 Å². The fourth-order valence-electron chi connectivity index (χ4n) is 11.8. The van der Waals surface area contributed by atoms with E-state index in [1.54, 1.807) is 0 Å². The Morgan fingerprint density at radius 1 is 0.281 bits per heavy atom. The quantitative estimate of drug-likeness (QED) is 0.0222. The van der Waals surface area contributed by atoms with Gasteiger partial charge in [-0.2, -0.15) is 0 Å². The molecule has 0 fully saturated rings. The Morgan fingerprint density at radius 3 is 0.708 bits per heavy atom. The largest absolute Gasteiger partial charge is 0.472 e. The lowest BCUT2D eigenvalue weighted by Gasteiger charge is -2.21. The molecule has 0 saturated heterocycles. The third kappa shape index (κ3) is 70.5. The van der Waals surface area contributed by atoms with Crippen molar-refractivity contribution in [3.8, 4) is 0 Å². The third-order valence-electron chi connectivity index (χ3n) is 18.0. The van der Waals surface area contributed by atoms with E-state index in [1.807, 2.05) is 0 Å². The Labute approximate surface area is 588 Å². The maximum atomic E-state index is 13.1. The average molecular weight is 1410 g/mol. The summed E-state index contributed by atoms with van der Waals surface area (Å²) in [6.45, 7) is 9.61. The number of phosphoric acid groups is 2. The zero-order valence-corrected chi connectivity index (χ0v) is 64.5. The number of hydrogen-bond acceptors (Lipinski definition) is 15. The first kappa shape index (κ1) is 94.1. The summed E-state index contributed by atoms with van der Waals surface area (Å²) in [5.41, 5.74) is 0. The molecule has 0 spiro atoms. The van der Waals surface area contributed by atoms with Gasteiger partial charge in [0, 0.05) is 25.7 Å². The first-order valence-electron chi connectivity index (χ1n) is 40.0. The van der Waals surface area contributed by atoms with Crippen LogP contribution in [0.4, 0.5) is 0 Å². The van der Waals surface area contributed by atoms with Gasteiger partial charge in [-0.05, 0) is 37.5 Å². The highest BCUT2D eigenvalue weighted by Crippen LogP contribution is 2.45. The van der Waals surface area contributed by atoms with Gasteiger partial charge in [0.2, 0.25) is 0 Å². The van der Waals surface area contributed by atoms with E-state index in [4.69, 9.17) is 37.0 Å². The average Bonchev–Trinajstić information content (AvgIpc) is 2.22. The van der Waals surface area contributed by atoms with E-state index >= 15 is 0 Å². The molecule has 0 heterocycles. The second kappa shape index (κ2) is 68.8. The predicted octanol–water partition coefficient (Wildman–Crippen LogP) is 22.7. The number of carbonyl (C=O) groups is 4. The summed E-state index contributed by atoms with van der Waals surface area (Å²) in [7, 11) is -9.91. The molecule has 0 aromatic carbocycles. The highest BCUT2D eigenvalue weighted by molar-refractivity contribution is 7.47. The molecule has 0 aromatic rings. The fourth-order valence-corrected chi connectivity index (χ4v) is 13.4. The van der Waals surface area contributed by atoms with Crippen molar-refractivity contribution >= 4 is 39.5 Å². The van der Waals surface area contributed by atoms with Gasteiger partial charge in [0.05, 0.1) is 26.4 Å². The highest BCUT2D eigenvalue weighted by atomic mass is 31.2. The smallest absolute Gasteiger partial charge is 0.462 e. The van der Waals surface area contributed by atoms with E-state index < -0.39 is 97.5 Å². The summed E-state index contributed by atoms with van der Waals surface area (Å²) in [6.07, 6.45) is 57.0. The second-order valence-corrected chi connectivity index (χ2v) is 31.6. The number of rotatable bonds is 76. The van der Waals surface area contributed by atoms with Gasteiger partial charge in [0.15, 0.2) is 12.2 Å². The van der Waals surface area contributed by atoms with Crippen LogP contribution >= 0.6 is 15.6 Å². The maximum Gasteiger partial charge on any atom is 0.472 e. The second-order valence-electron chi connectivity index (χ2n) is 28.7. The number of aliphatic hydroxyl groups excluding tert-OH is 1. The SMILES string of the molecule is CCCCCCCCCCCCCCCC(=O)O[C@H](COC(=O)CCCCCCCCC)COP(=O)(O)OC[C@H](O)COP(=O)(O)OC[C@@H](COC(=O)CCCCCCCCCCCCCCC(C)C)OC(=O)CCCCCCCCCCCCCCCCCCCCC(C)C. The Balaban J connectivity index is 5.17. The summed E-state index contributed by atoms with van der Waals surface area (Å²) in [6, 6.07) is 0. The van der Waals surface area contributed by atoms with Gasteiger partial charge >= 0.3 is 39.5 Å². The molecule has 3 N–H and O–H groups in total. The van der Waals surface area contributed by atoms with E-state index in [-0.39, 0.29) is 25.7 Å².